The van der Waals surface area contributed by atoms with E-state index in [4.69, 9.17) is 0 Å². The molecule has 0 heterocycles. The first-order valence-corrected chi connectivity index (χ1v) is 9.93. The maximum atomic E-state index is 13.2. The van der Waals surface area contributed by atoms with Crippen molar-refractivity contribution in [2.24, 2.45) is 5.92 Å². The second kappa shape index (κ2) is 6.94. The number of carbonyl (C=O) groups excluding carboxylic acids is 1. The molecule has 3 aromatic carbocycles. The Hall–Kier alpha value is -2.87. The van der Waals surface area contributed by atoms with Gasteiger partial charge in [-0.2, -0.15) is 0 Å². The molecular formula is C26H27NO. The minimum absolute atomic E-state index is 0.0576. The number of rotatable bonds is 4. The minimum Gasteiger partial charge on any atom is -0.326 e. The minimum atomic E-state index is -0.233. The summed E-state index contributed by atoms with van der Waals surface area (Å²) in [5.74, 6) is 0.0488. The summed E-state index contributed by atoms with van der Waals surface area (Å²) in [5.41, 5.74) is 7.93. The van der Waals surface area contributed by atoms with E-state index in [0.717, 1.165) is 17.7 Å². The summed E-state index contributed by atoms with van der Waals surface area (Å²) in [7, 11) is 0. The van der Waals surface area contributed by atoms with Gasteiger partial charge in [-0.1, -0.05) is 71.8 Å². The maximum Gasteiger partial charge on any atom is 0.228 e. The molecule has 0 aromatic heterocycles. The fourth-order valence-electron chi connectivity index (χ4n) is 4.19. The van der Waals surface area contributed by atoms with Crippen molar-refractivity contribution in [1.82, 2.24) is 0 Å². The van der Waals surface area contributed by atoms with Crippen LogP contribution in [0.3, 0.4) is 0 Å². The van der Waals surface area contributed by atoms with Gasteiger partial charge in [0.1, 0.15) is 0 Å². The predicted octanol–water partition coefficient (Wildman–Crippen LogP) is 5.86. The Labute approximate surface area is 167 Å². The molecule has 4 rings (SSSR count). The molecule has 1 saturated carbocycles. The monoisotopic (exact) mass is 369 g/mol. The number of aryl methyl sites for hydroxylation is 3. The lowest BCUT2D eigenvalue weighted by Gasteiger charge is -2.20. The number of benzene rings is 3. The summed E-state index contributed by atoms with van der Waals surface area (Å²) in [6.07, 6.45) is 0.843. The molecule has 0 saturated heterocycles. The first-order valence-electron chi connectivity index (χ1n) is 9.93. The summed E-state index contributed by atoms with van der Waals surface area (Å²) in [5, 5.41) is 3.19. The van der Waals surface area contributed by atoms with E-state index < -0.39 is 0 Å². The molecule has 2 nitrogen and oxygen atoms in total. The number of nitrogens with one attached hydrogen (secondary N) is 1. The van der Waals surface area contributed by atoms with Gasteiger partial charge in [0.25, 0.3) is 0 Å². The molecule has 1 unspecified atom stereocenters. The van der Waals surface area contributed by atoms with Crippen molar-refractivity contribution in [3.8, 4) is 0 Å². The van der Waals surface area contributed by atoms with Crippen molar-refractivity contribution in [3.05, 3.63) is 100 Å². The van der Waals surface area contributed by atoms with Crippen LogP contribution in [0.15, 0.2) is 66.7 Å². The first-order chi connectivity index (χ1) is 13.4. The molecule has 1 amide bonds. The molecule has 1 atom stereocenters. The lowest BCUT2D eigenvalue weighted by atomic mass is 9.85. The Morgan fingerprint density at radius 2 is 1.36 bits per heavy atom. The van der Waals surface area contributed by atoms with Crippen LogP contribution in [0.2, 0.25) is 0 Å². The van der Waals surface area contributed by atoms with Gasteiger partial charge in [-0.3, -0.25) is 4.79 Å². The average Bonchev–Trinajstić information content (AvgIpc) is 3.43. The third-order valence-corrected chi connectivity index (χ3v) is 6.27. The van der Waals surface area contributed by atoms with Gasteiger partial charge in [0.05, 0.1) is 5.92 Å². The highest BCUT2D eigenvalue weighted by Gasteiger charge is 2.60. The Balaban J connectivity index is 1.69. The van der Waals surface area contributed by atoms with E-state index in [1.165, 1.54) is 27.8 Å². The zero-order valence-electron chi connectivity index (χ0n) is 17.0. The average molecular weight is 370 g/mol. The summed E-state index contributed by atoms with van der Waals surface area (Å²) in [4.78, 5) is 13.2. The second-order valence-corrected chi connectivity index (χ2v) is 8.20. The molecule has 1 aliphatic rings. The Kier molecular flexibility index (Phi) is 4.58. The highest BCUT2D eigenvalue weighted by atomic mass is 16.2. The van der Waals surface area contributed by atoms with Gasteiger partial charge in [0.15, 0.2) is 0 Å². The normalized spacial score (nSPS) is 17.2. The van der Waals surface area contributed by atoms with Gasteiger partial charge >= 0.3 is 0 Å². The Morgan fingerprint density at radius 3 is 1.89 bits per heavy atom. The topological polar surface area (TPSA) is 29.1 Å². The Bertz CT molecular complexity index is 970. The molecule has 1 N–H and O–H groups in total. The highest BCUT2D eigenvalue weighted by molar-refractivity contribution is 5.97. The van der Waals surface area contributed by atoms with Crippen LogP contribution in [-0.2, 0) is 10.2 Å². The smallest absolute Gasteiger partial charge is 0.228 e. The van der Waals surface area contributed by atoms with Gasteiger partial charge < -0.3 is 5.32 Å². The summed E-state index contributed by atoms with van der Waals surface area (Å²) in [6, 6.07) is 23.4. The summed E-state index contributed by atoms with van der Waals surface area (Å²) < 4.78 is 0. The van der Waals surface area contributed by atoms with Crippen LogP contribution in [-0.4, -0.2) is 5.91 Å². The quantitative estimate of drug-likeness (QED) is 0.613. The summed E-state index contributed by atoms with van der Waals surface area (Å²) >= 11 is 0. The van der Waals surface area contributed by atoms with Crippen LogP contribution >= 0.6 is 0 Å². The zero-order valence-corrected chi connectivity index (χ0v) is 17.0. The van der Waals surface area contributed by atoms with Crippen LogP contribution in [0.4, 0.5) is 5.69 Å². The van der Waals surface area contributed by atoms with Gasteiger partial charge in [-0.15, -0.1) is 0 Å². The SMILES string of the molecule is Cc1ccc(C2(c3ccc(C)cc3)CC2C(=O)Nc2cccc(C)c2C)cc1. The van der Waals surface area contributed by atoms with Crippen molar-refractivity contribution >= 4 is 11.6 Å². The maximum absolute atomic E-state index is 13.2. The van der Waals surface area contributed by atoms with E-state index >= 15 is 0 Å². The fraction of sp³-hybridized carbons (Fsp3) is 0.269. The standard InChI is InChI=1S/C26H27NO/c1-17-8-12-21(13-9-17)26(22-14-10-18(2)11-15-22)16-23(26)25(28)27-24-7-5-6-19(3)20(24)4/h5-15,23H,16H2,1-4H3,(H,27,28). The van der Waals surface area contributed by atoms with E-state index in [9.17, 15) is 4.79 Å². The number of hydrogen-bond donors (Lipinski definition) is 1. The molecule has 3 aromatic rings. The molecule has 28 heavy (non-hydrogen) atoms. The predicted molar refractivity (Wildman–Crippen MR) is 116 cm³/mol. The van der Waals surface area contributed by atoms with Crippen LogP contribution < -0.4 is 5.32 Å². The van der Waals surface area contributed by atoms with Gasteiger partial charge in [-0.25, -0.2) is 0 Å². The van der Waals surface area contributed by atoms with Crippen molar-refractivity contribution in [2.75, 3.05) is 5.32 Å². The van der Waals surface area contributed by atoms with Crippen molar-refractivity contribution in [3.63, 3.8) is 0 Å². The molecule has 0 aliphatic heterocycles. The van der Waals surface area contributed by atoms with E-state index in [2.05, 4.69) is 87.6 Å². The van der Waals surface area contributed by atoms with Gasteiger partial charge in [0, 0.05) is 11.1 Å². The molecule has 1 fully saturated rings. The number of carbonyl (C=O) groups is 1. The molecular weight excluding hydrogens is 342 g/mol. The van der Waals surface area contributed by atoms with E-state index in [0.29, 0.717) is 0 Å². The van der Waals surface area contributed by atoms with Crippen molar-refractivity contribution in [1.29, 1.82) is 0 Å². The van der Waals surface area contributed by atoms with Crippen LogP contribution in [0.1, 0.15) is 39.8 Å². The number of hydrogen-bond acceptors (Lipinski definition) is 1. The molecule has 0 bridgehead atoms. The molecule has 2 heteroatoms. The van der Waals surface area contributed by atoms with Crippen molar-refractivity contribution in [2.45, 2.75) is 39.5 Å². The first kappa shape index (κ1) is 18.5. The molecule has 0 radical (unpaired) electrons. The zero-order chi connectivity index (χ0) is 19.9. The number of amides is 1. The van der Waals surface area contributed by atoms with E-state index in [1.54, 1.807) is 0 Å². The van der Waals surface area contributed by atoms with Crippen LogP contribution in [0, 0.1) is 33.6 Å². The lowest BCUT2D eigenvalue weighted by molar-refractivity contribution is -0.117. The summed E-state index contributed by atoms with van der Waals surface area (Å²) in [6.45, 7) is 8.33. The van der Waals surface area contributed by atoms with Crippen molar-refractivity contribution < 1.29 is 4.79 Å². The largest absolute Gasteiger partial charge is 0.326 e. The fourth-order valence-corrected chi connectivity index (χ4v) is 4.19. The van der Waals surface area contributed by atoms with E-state index in [-0.39, 0.29) is 17.2 Å². The third-order valence-electron chi connectivity index (χ3n) is 6.27. The lowest BCUT2D eigenvalue weighted by Crippen LogP contribution is -2.22. The Morgan fingerprint density at radius 1 is 0.821 bits per heavy atom. The molecule has 0 spiro atoms. The molecule has 142 valence electrons. The van der Waals surface area contributed by atoms with E-state index in [1.807, 2.05) is 12.1 Å². The number of anilines is 1. The van der Waals surface area contributed by atoms with Gasteiger partial charge in [-0.05, 0) is 62.4 Å². The second-order valence-electron chi connectivity index (χ2n) is 8.20. The molecule has 1 aliphatic carbocycles. The van der Waals surface area contributed by atoms with Gasteiger partial charge in [0.2, 0.25) is 5.91 Å². The van der Waals surface area contributed by atoms with Crippen LogP contribution in [0.5, 0.6) is 0 Å². The third kappa shape index (κ3) is 3.13. The highest BCUT2D eigenvalue weighted by Crippen LogP contribution is 2.59. The van der Waals surface area contributed by atoms with Crippen LogP contribution in [0.25, 0.3) is 0 Å².